The number of carbonyl (C=O) groups is 1. The van der Waals surface area contributed by atoms with E-state index >= 15 is 0 Å². The van der Waals surface area contributed by atoms with Crippen LogP contribution in [0.1, 0.15) is 16.7 Å². The van der Waals surface area contributed by atoms with Crippen molar-refractivity contribution < 1.29 is 19.4 Å². The van der Waals surface area contributed by atoms with Crippen LogP contribution in [0.5, 0.6) is 11.5 Å². The molecule has 6 nitrogen and oxygen atoms in total. The van der Waals surface area contributed by atoms with Crippen molar-refractivity contribution in [2.75, 3.05) is 13.7 Å². The van der Waals surface area contributed by atoms with Crippen molar-refractivity contribution in [3.8, 4) is 22.8 Å². The van der Waals surface area contributed by atoms with Gasteiger partial charge in [0, 0.05) is 24.2 Å². The molecule has 0 aliphatic rings. The minimum Gasteiger partial charge on any atom is -0.504 e. The Morgan fingerprint density at radius 2 is 2.22 bits per heavy atom. The van der Waals surface area contributed by atoms with Gasteiger partial charge >= 0.3 is 5.97 Å². The van der Waals surface area contributed by atoms with Crippen molar-refractivity contribution in [3.63, 3.8) is 0 Å². The number of hydrogen-bond donors (Lipinski definition) is 1. The summed E-state index contributed by atoms with van der Waals surface area (Å²) in [6.45, 7) is 2.06. The molecule has 3 aromatic rings. The molecule has 0 aliphatic carbocycles. The number of rotatable bonds is 4. The average molecular weight is 332 g/mol. The highest BCUT2D eigenvalue weighted by Crippen LogP contribution is 2.41. The highest BCUT2D eigenvalue weighted by atomic mass is 32.1. The van der Waals surface area contributed by atoms with Crippen LogP contribution in [-0.4, -0.2) is 34.3 Å². The van der Waals surface area contributed by atoms with E-state index in [0.717, 1.165) is 11.1 Å². The minimum absolute atomic E-state index is 0.0614. The van der Waals surface area contributed by atoms with Gasteiger partial charge in [0.2, 0.25) is 5.01 Å². The van der Waals surface area contributed by atoms with E-state index in [0.29, 0.717) is 28.4 Å². The molecule has 0 saturated heterocycles. The van der Waals surface area contributed by atoms with Crippen LogP contribution in [-0.2, 0) is 11.8 Å². The van der Waals surface area contributed by atoms with E-state index in [1.54, 1.807) is 18.4 Å². The maximum atomic E-state index is 11.8. The molecule has 0 unspecified atom stereocenters. The Labute approximate surface area is 136 Å². The van der Waals surface area contributed by atoms with Gasteiger partial charge in [-0.15, -0.1) is 11.3 Å². The highest BCUT2D eigenvalue weighted by molar-refractivity contribution is 7.11. The topological polar surface area (TPSA) is 73.6 Å². The fourth-order valence-corrected chi connectivity index (χ4v) is 3.20. The molecule has 7 heteroatoms. The Balaban J connectivity index is 2.15. The standard InChI is InChI=1S/C16H16N2O4S/c1-4-22-16(20)15-17-10(8-23-15)9-7-18(2)11-5-6-12(21-3)14(19)13(9)11/h5-8,19H,4H2,1-3H3. The Morgan fingerprint density at radius 1 is 1.43 bits per heavy atom. The normalized spacial score (nSPS) is 10.9. The maximum Gasteiger partial charge on any atom is 0.367 e. The molecule has 23 heavy (non-hydrogen) atoms. The van der Waals surface area contributed by atoms with E-state index in [9.17, 15) is 9.90 Å². The second kappa shape index (κ2) is 5.92. The molecular weight excluding hydrogens is 316 g/mol. The number of thiazole rings is 1. The number of carbonyl (C=O) groups excluding carboxylic acids is 1. The van der Waals surface area contributed by atoms with Crippen molar-refractivity contribution in [2.45, 2.75) is 6.92 Å². The van der Waals surface area contributed by atoms with Crippen molar-refractivity contribution in [2.24, 2.45) is 7.05 Å². The zero-order chi connectivity index (χ0) is 16.6. The fourth-order valence-electron chi connectivity index (χ4n) is 2.49. The summed E-state index contributed by atoms with van der Waals surface area (Å²) in [6.07, 6.45) is 1.87. The first kappa shape index (κ1) is 15.4. The molecule has 0 atom stereocenters. The molecule has 0 radical (unpaired) electrons. The molecule has 120 valence electrons. The number of fused-ring (bicyclic) bond motifs is 1. The van der Waals surface area contributed by atoms with Gasteiger partial charge in [-0.25, -0.2) is 9.78 Å². The quantitative estimate of drug-likeness (QED) is 0.743. The predicted octanol–water partition coefficient (Wildman–Crippen LogP) is 3.19. The molecule has 0 amide bonds. The highest BCUT2D eigenvalue weighted by Gasteiger charge is 2.19. The van der Waals surface area contributed by atoms with Gasteiger partial charge in [0.05, 0.1) is 30.3 Å². The number of ether oxygens (including phenoxy) is 2. The zero-order valence-electron chi connectivity index (χ0n) is 13.0. The number of hydrogen-bond acceptors (Lipinski definition) is 6. The monoisotopic (exact) mass is 332 g/mol. The largest absolute Gasteiger partial charge is 0.504 e. The second-order valence-corrected chi connectivity index (χ2v) is 5.78. The van der Waals surface area contributed by atoms with Gasteiger partial charge in [-0.05, 0) is 19.1 Å². The number of nitrogens with zero attached hydrogens (tertiary/aromatic N) is 2. The first-order chi connectivity index (χ1) is 11.1. The Hall–Kier alpha value is -2.54. The fraction of sp³-hybridized carbons (Fsp3) is 0.250. The lowest BCUT2D eigenvalue weighted by atomic mass is 10.1. The van der Waals surface area contributed by atoms with Gasteiger partial charge in [0.1, 0.15) is 0 Å². The summed E-state index contributed by atoms with van der Waals surface area (Å²) in [5.74, 6) is 0.0165. The summed E-state index contributed by atoms with van der Waals surface area (Å²) >= 11 is 1.22. The van der Waals surface area contributed by atoms with E-state index in [1.807, 2.05) is 23.9 Å². The van der Waals surface area contributed by atoms with Crippen LogP contribution in [0.25, 0.3) is 22.2 Å². The Morgan fingerprint density at radius 3 is 2.91 bits per heavy atom. The average Bonchev–Trinajstić information content (AvgIpc) is 3.13. The van der Waals surface area contributed by atoms with Gasteiger partial charge in [0.25, 0.3) is 0 Å². The summed E-state index contributed by atoms with van der Waals surface area (Å²) in [4.78, 5) is 16.1. The van der Waals surface area contributed by atoms with Gasteiger partial charge < -0.3 is 19.1 Å². The third-order valence-electron chi connectivity index (χ3n) is 3.54. The predicted molar refractivity (Wildman–Crippen MR) is 88.2 cm³/mol. The van der Waals surface area contributed by atoms with E-state index in [-0.39, 0.29) is 5.75 Å². The van der Waals surface area contributed by atoms with Crippen LogP contribution >= 0.6 is 11.3 Å². The first-order valence-corrected chi connectivity index (χ1v) is 7.92. The lowest BCUT2D eigenvalue weighted by Crippen LogP contribution is -2.03. The van der Waals surface area contributed by atoms with Crippen molar-refractivity contribution in [3.05, 3.63) is 28.7 Å². The number of phenolic OH excluding ortho intramolecular Hbond substituents is 1. The van der Waals surface area contributed by atoms with Crippen LogP contribution in [0.4, 0.5) is 0 Å². The smallest absolute Gasteiger partial charge is 0.367 e. The van der Waals surface area contributed by atoms with E-state index in [1.165, 1.54) is 18.4 Å². The molecule has 0 bridgehead atoms. The van der Waals surface area contributed by atoms with Gasteiger partial charge in [-0.3, -0.25) is 0 Å². The van der Waals surface area contributed by atoms with Gasteiger partial charge in [-0.2, -0.15) is 0 Å². The molecule has 0 fully saturated rings. The van der Waals surface area contributed by atoms with E-state index in [4.69, 9.17) is 9.47 Å². The SMILES string of the molecule is CCOC(=O)c1nc(-c2cn(C)c3ccc(OC)c(O)c23)cs1. The Bertz CT molecular complexity index is 882. The summed E-state index contributed by atoms with van der Waals surface area (Å²) in [6, 6.07) is 3.59. The summed E-state index contributed by atoms with van der Waals surface area (Å²) in [5, 5.41) is 13.2. The molecule has 0 aliphatic heterocycles. The van der Waals surface area contributed by atoms with Gasteiger partial charge in [0.15, 0.2) is 11.5 Å². The van der Waals surface area contributed by atoms with E-state index < -0.39 is 5.97 Å². The molecular formula is C16H16N2O4S. The molecule has 3 rings (SSSR count). The maximum absolute atomic E-state index is 11.8. The van der Waals surface area contributed by atoms with Crippen molar-refractivity contribution in [1.82, 2.24) is 9.55 Å². The van der Waals surface area contributed by atoms with E-state index in [2.05, 4.69) is 4.98 Å². The molecule has 2 heterocycles. The number of methoxy groups -OCH3 is 1. The molecule has 1 N–H and O–H groups in total. The number of esters is 1. The van der Waals surface area contributed by atoms with Crippen LogP contribution in [0.15, 0.2) is 23.7 Å². The minimum atomic E-state index is -0.439. The Kier molecular flexibility index (Phi) is 3.96. The number of aromatic hydroxyl groups is 1. The summed E-state index contributed by atoms with van der Waals surface area (Å²) < 4.78 is 12.0. The lowest BCUT2D eigenvalue weighted by molar-refractivity contribution is 0.0526. The third-order valence-corrected chi connectivity index (χ3v) is 4.36. The number of aryl methyl sites for hydroxylation is 1. The molecule has 0 spiro atoms. The van der Waals surface area contributed by atoms with Crippen LogP contribution < -0.4 is 4.74 Å². The number of benzene rings is 1. The molecule has 2 aromatic heterocycles. The van der Waals surface area contributed by atoms with Crippen LogP contribution in [0.2, 0.25) is 0 Å². The number of phenols is 1. The van der Waals surface area contributed by atoms with Gasteiger partial charge in [-0.1, -0.05) is 0 Å². The summed E-state index contributed by atoms with van der Waals surface area (Å²) in [5.41, 5.74) is 2.21. The molecule has 0 saturated carbocycles. The van der Waals surface area contributed by atoms with Crippen LogP contribution in [0.3, 0.4) is 0 Å². The lowest BCUT2D eigenvalue weighted by Gasteiger charge is -2.05. The third kappa shape index (κ3) is 2.53. The zero-order valence-corrected chi connectivity index (χ0v) is 13.8. The second-order valence-electron chi connectivity index (χ2n) is 4.92. The summed E-state index contributed by atoms with van der Waals surface area (Å²) in [7, 11) is 3.39. The van der Waals surface area contributed by atoms with Crippen molar-refractivity contribution >= 4 is 28.2 Å². The number of aromatic nitrogens is 2. The van der Waals surface area contributed by atoms with Crippen molar-refractivity contribution in [1.29, 1.82) is 0 Å². The first-order valence-electron chi connectivity index (χ1n) is 7.04. The molecule has 1 aromatic carbocycles. The van der Waals surface area contributed by atoms with Crippen LogP contribution in [0, 0.1) is 0 Å².